The standard InChI is InChI=1S/C24H26N4O3S/c1-15-22-20(24(29)27-10-8-16-4-2-3-5-18(16)13-27)12-21(17-6-7-17)25-23(22)28(26-15)19-9-11-32(30,31)14-19/h2-5,12,17,19H,6-11,13-14H2,1H3. The van der Waals surface area contributed by atoms with E-state index in [1.165, 1.54) is 11.1 Å². The van der Waals surface area contributed by atoms with Crippen LogP contribution in [0.1, 0.15) is 64.1 Å². The molecule has 1 saturated heterocycles. The number of aromatic nitrogens is 3. The Morgan fingerprint density at radius 2 is 1.91 bits per heavy atom. The average molecular weight is 451 g/mol. The van der Waals surface area contributed by atoms with Gasteiger partial charge in [-0.25, -0.2) is 18.1 Å². The normalized spacial score (nSPS) is 22.3. The van der Waals surface area contributed by atoms with Crippen LogP contribution >= 0.6 is 0 Å². The number of hydrogen-bond acceptors (Lipinski definition) is 5. The van der Waals surface area contributed by atoms with Gasteiger partial charge in [-0.1, -0.05) is 24.3 Å². The Morgan fingerprint density at radius 1 is 1.12 bits per heavy atom. The molecule has 0 spiro atoms. The van der Waals surface area contributed by atoms with Crippen molar-refractivity contribution in [2.45, 2.75) is 51.1 Å². The number of aryl methyl sites for hydroxylation is 1. The molecular formula is C24H26N4O3S. The van der Waals surface area contributed by atoms with Gasteiger partial charge in [0.05, 0.1) is 34.2 Å². The minimum atomic E-state index is -3.05. The molecule has 3 aliphatic rings. The van der Waals surface area contributed by atoms with Gasteiger partial charge in [-0.3, -0.25) is 4.79 Å². The minimum absolute atomic E-state index is 0.00972. The van der Waals surface area contributed by atoms with E-state index < -0.39 is 9.84 Å². The first kappa shape index (κ1) is 19.9. The van der Waals surface area contributed by atoms with Crippen molar-refractivity contribution in [3.8, 4) is 0 Å². The minimum Gasteiger partial charge on any atom is -0.334 e. The number of nitrogens with zero attached hydrogens (tertiary/aromatic N) is 4. The van der Waals surface area contributed by atoms with Crippen molar-refractivity contribution in [2.24, 2.45) is 0 Å². The fraction of sp³-hybridized carbons (Fsp3) is 0.458. The fourth-order valence-corrected chi connectivity index (χ4v) is 6.84. The molecule has 4 heterocycles. The zero-order chi connectivity index (χ0) is 22.0. The van der Waals surface area contributed by atoms with Crippen molar-refractivity contribution < 1.29 is 13.2 Å². The predicted molar refractivity (Wildman–Crippen MR) is 121 cm³/mol. The first-order valence-corrected chi connectivity index (χ1v) is 13.2. The van der Waals surface area contributed by atoms with E-state index in [4.69, 9.17) is 10.1 Å². The summed E-state index contributed by atoms with van der Waals surface area (Å²) in [6.45, 7) is 3.18. The highest BCUT2D eigenvalue weighted by atomic mass is 32.2. The monoisotopic (exact) mass is 450 g/mol. The van der Waals surface area contributed by atoms with Gasteiger partial charge in [0.25, 0.3) is 5.91 Å². The van der Waals surface area contributed by atoms with Gasteiger partial charge in [0.1, 0.15) is 0 Å². The van der Waals surface area contributed by atoms with Gasteiger partial charge in [0, 0.05) is 24.7 Å². The largest absolute Gasteiger partial charge is 0.334 e. The summed E-state index contributed by atoms with van der Waals surface area (Å²) in [6, 6.07) is 10.0. The lowest BCUT2D eigenvalue weighted by molar-refractivity contribution is 0.0736. The molecule has 6 rings (SSSR count). The first-order chi connectivity index (χ1) is 15.4. The quantitative estimate of drug-likeness (QED) is 0.612. The molecule has 1 unspecified atom stereocenters. The van der Waals surface area contributed by atoms with Crippen LogP contribution in [-0.4, -0.2) is 52.0 Å². The Labute approximate surface area is 187 Å². The Kier molecular flexibility index (Phi) is 4.44. The number of carbonyl (C=O) groups excluding carboxylic acids is 1. The topological polar surface area (TPSA) is 85.2 Å². The molecule has 32 heavy (non-hydrogen) atoms. The molecule has 1 aliphatic carbocycles. The van der Waals surface area contributed by atoms with Crippen LogP contribution in [0.5, 0.6) is 0 Å². The third-order valence-corrected chi connectivity index (χ3v) is 8.81. The molecule has 3 aromatic rings. The molecule has 0 radical (unpaired) electrons. The van der Waals surface area contributed by atoms with E-state index in [2.05, 4.69) is 12.1 Å². The van der Waals surface area contributed by atoms with Gasteiger partial charge >= 0.3 is 0 Å². The predicted octanol–water partition coefficient (Wildman–Crippen LogP) is 3.18. The molecule has 0 N–H and O–H groups in total. The number of benzene rings is 1. The Bertz CT molecular complexity index is 1360. The molecular weight excluding hydrogens is 424 g/mol. The highest BCUT2D eigenvalue weighted by Crippen LogP contribution is 2.41. The van der Waals surface area contributed by atoms with Gasteiger partial charge in [0.2, 0.25) is 0 Å². The van der Waals surface area contributed by atoms with Crippen molar-refractivity contribution in [3.63, 3.8) is 0 Å². The highest BCUT2D eigenvalue weighted by molar-refractivity contribution is 7.91. The molecule has 8 heteroatoms. The lowest BCUT2D eigenvalue weighted by Gasteiger charge is -2.29. The molecule has 1 aromatic carbocycles. The van der Waals surface area contributed by atoms with E-state index in [0.717, 1.165) is 36.0 Å². The molecule has 1 atom stereocenters. The van der Waals surface area contributed by atoms with Crippen LogP contribution in [0.25, 0.3) is 11.0 Å². The summed E-state index contributed by atoms with van der Waals surface area (Å²) in [6.07, 6.45) is 3.55. The number of fused-ring (bicyclic) bond motifs is 2. The maximum Gasteiger partial charge on any atom is 0.255 e. The van der Waals surface area contributed by atoms with E-state index in [0.29, 0.717) is 36.6 Å². The summed E-state index contributed by atoms with van der Waals surface area (Å²) in [7, 11) is -3.05. The number of sulfone groups is 1. The molecule has 0 bridgehead atoms. The lowest BCUT2D eigenvalue weighted by Crippen LogP contribution is -2.36. The Morgan fingerprint density at radius 3 is 2.62 bits per heavy atom. The number of hydrogen-bond donors (Lipinski definition) is 0. The van der Waals surface area contributed by atoms with Crippen LogP contribution in [0.3, 0.4) is 0 Å². The molecule has 2 fully saturated rings. The summed E-state index contributed by atoms with van der Waals surface area (Å²) < 4.78 is 26.0. The average Bonchev–Trinajstić information content (AvgIpc) is 3.51. The second-order valence-corrected chi connectivity index (χ2v) is 11.6. The number of pyridine rings is 1. The fourth-order valence-electron chi connectivity index (χ4n) is 5.15. The van der Waals surface area contributed by atoms with Crippen molar-refractivity contribution in [1.29, 1.82) is 0 Å². The van der Waals surface area contributed by atoms with Gasteiger partial charge in [-0.15, -0.1) is 0 Å². The van der Waals surface area contributed by atoms with Crippen molar-refractivity contribution in [3.05, 3.63) is 58.4 Å². The third kappa shape index (κ3) is 3.32. The van der Waals surface area contributed by atoms with Gasteiger partial charge in [-0.2, -0.15) is 5.10 Å². The summed E-state index contributed by atoms with van der Waals surface area (Å²) >= 11 is 0. The van der Waals surface area contributed by atoms with Gasteiger partial charge < -0.3 is 4.90 Å². The molecule has 1 amide bonds. The van der Waals surface area contributed by atoms with Crippen LogP contribution < -0.4 is 0 Å². The van der Waals surface area contributed by atoms with E-state index in [9.17, 15) is 13.2 Å². The lowest BCUT2D eigenvalue weighted by atomic mass is 9.98. The Balaban J connectivity index is 1.45. The summed E-state index contributed by atoms with van der Waals surface area (Å²) in [5, 5.41) is 5.47. The summed E-state index contributed by atoms with van der Waals surface area (Å²) in [5.41, 5.74) is 5.49. The molecule has 1 saturated carbocycles. The van der Waals surface area contributed by atoms with Crippen molar-refractivity contribution in [1.82, 2.24) is 19.7 Å². The van der Waals surface area contributed by atoms with Crippen LogP contribution in [0.15, 0.2) is 30.3 Å². The third-order valence-electron chi connectivity index (χ3n) is 7.05. The Hall–Kier alpha value is -2.74. The van der Waals surface area contributed by atoms with Crippen molar-refractivity contribution in [2.75, 3.05) is 18.1 Å². The number of amides is 1. The van der Waals surface area contributed by atoms with E-state index in [1.807, 2.05) is 30.0 Å². The number of rotatable bonds is 3. The molecule has 2 aromatic heterocycles. The maximum atomic E-state index is 13.8. The zero-order valence-corrected chi connectivity index (χ0v) is 18.9. The SMILES string of the molecule is Cc1nn(C2CCS(=O)(=O)C2)c2nc(C3CC3)cc(C(=O)N3CCc4ccccc4C3)c12. The second kappa shape index (κ2) is 7.13. The summed E-state index contributed by atoms with van der Waals surface area (Å²) in [4.78, 5) is 20.6. The molecule has 166 valence electrons. The van der Waals surface area contributed by atoms with Gasteiger partial charge in [0.15, 0.2) is 15.5 Å². The zero-order valence-electron chi connectivity index (χ0n) is 18.1. The molecule has 2 aliphatic heterocycles. The van der Waals surface area contributed by atoms with Crippen LogP contribution in [0.4, 0.5) is 0 Å². The molecule has 7 nitrogen and oxygen atoms in total. The van der Waals surface area contributed by atoms with E-state index in [1.54, 1.807) is 4.68 Å². The second-order valence-electron chi connectivity index (χ2n) is 9.40. The van der Waals surface area contributed by atoms with Gasteiger partial charge in [-0.05, 0) is 49.8 Å². The van der Waals surface area contributed by atoms with Crippen molar-refractivity contribution >= 4 is 26.8 Å². The first-order valence-electron chi connectivity index (χ1n) is 11.4. The maximum absolute atomic E-state index is 13.8. The van der Waals surface area contributed by atoms with Crippen LogP contribution in [0, 0.1) is 6.92 Å². The smallest absolute Gasteiger partial charge is 0.255 e. The summed E-state index contributed by atoms with van der Waals surface area (Å²) in [5.74, 6) is 0.656. The van der Waals surface area contributed by atoms with Crippen LogP contribution in [-0.2, 0) is 22.8 Å². The van der Waals surface area contributed by atoms with Crippen LogP contribution in [0.2, 0.25) is 0 Å². The highest BCUT2D eigenvalue weighted by Gasteiger charge is 2.35. The number of carbonyl (C=O) groups is 1. The van der Waals surface area contributed by atoms with E-state index in [-0.39, 0.29) is 23.5 Å². The van der Waals surface area contributed by atoms with E-state index >= 15 is 0 Å².